The summed E-state index contributed by atoms with van der Waals surface area (Å²) in [5.41, 5.74) is 0.00312. The number of nitro benzene ring substituents is 1. The van der Waals surface area contributed by atoms with Gasteiger partial charge in [-0.3, -0.25) is 24.3 Å². The lowest BCUT2D eigenvalue weighted by Crippen LogP contribution is -2.41. The Bertz CT molecular complexity index is 985. The SMILES string of the molecule is CC1CCC(N(C)C(=O)COC(=O)Cn2c(=O)oc3cc([N+](=O)[O-])ccc32)CC1. The number of likely N-dealkylation sites (N-methyl/N-ethyl adjacent to an activating group) is 1. The number of oxazole rings is 1. The third kappa shape index (κ3) is 4.64. The molecule has 1 aliphatic rings. The van der Waals surface area contributed by atoms with Crippen LogP contribution in [0.5, 0.6) is 0 Å². The lowest BCUT2D eigenvalue weighted by atomic mass is 9.87. The Labute approximate surface area is 166 Å². The van der Waals surface area contributed by atoms with E-state index in [0.717, 1.165) is 36.3 Å². The second-order valence-corrected chi connectivity index (χ2v) is 7.44. The van der Waals surface area contributed by atoms with Crippen LogP contribution in [0.1, 0.15) is 32.6 Å². The van der Waals surface area contributed by atoms with Crippen molar-refractivity contribution in [3.05, 3.63) is 38.9 Å². The van der Waals surface area contributed by atoms with Crippen LogP contribution >= 0.6 is 0 Å². The van der Waals surface area contributed by atoms with Crippen LogP contribution in [0.4, 0.5) is 5.69 Å². The fourth-order valence-corrected chi connectivity index (χ4v) is 3.57. The molecule has 1 saturated carbocycles. The highest BCUT2D eigenvalue weighted by molar-refractivity contribution is 5.82. The topological polar surface area (TPSA) is 125 Å². The third-order valence-electron chi connectivity index (χ3n) is 5.43. The number of fused-ring (bicyclic) bond motifs is 1. The minimum atomic E-state index is -0.836. The van der Waals surface area contributed by atoms with Gasteiger partial charge >= 0.3 is 11.7 Å². The van der Waals surface area contributed by atoms with Crippen LogP contribution in [0.25, 0.3) is 11.1 Å². The molecule has 1 aliphatic carbocycles. The maximum Gasteiger partial charge on any atom is 0.420 e. The Morgan fingerprint density at radius 2 is 2.00 bits per heavy atom. The number of nitro groups is 1. The summed E-state index contributed by atoms with van der Waals surface area (Å²) in [6.07, 6.45) is 3.99. The Balaban J connectivity index is 1.59. The number of ether oxygens (including phenoxy) is 1. The van der Waals surface area contributed by atoms with Crippen molar-refractivity contribution in [1.82, 2.24) is 9.47 Å². The lowest BCUT2D eigenvalue weighted by molar-refractivity contribution is -0.384. The van der Waals surface area contributed by atoms with Crippen LogP contribution in [-0.4, -0.2) is 46.0 Å². The van der Waals surface area contributed by atoms with E-state index in [2.05, 4.69) is 6.92 Å². The summed E-state index contributed by atoms with van der Waals surface area (Å²) in [6, 6.07) is 3.80. The van der Waals surface area contributed by atoms with Crippen molar-refractivity contribution in [3.63, 3.8) is 0 Å². The zero-order valence-electron chi connectivity index (χ0n) is 16.3. The normalized spacial score (nSPS) is 19.1. The average molecular weight is 405 g/mol. The van der Waals surface area contributed by atoms with E-state index in [1.165, 1.54) is 12.1 Å². The second kappa shape index (κ2) is 8.46. The molecule has 0 bridgehead atoms. The maximum atomic E-state index is 12.3. The van der Waals surface area contributed by atoms with Crippen LogP contribution in [0.2, 0.25) is 0 Å². The summed E-state index contributed by atoms with van der Waals surface area (Å²) in [7, 11) is 1.71. The van der Waals surface area contributed by atoms with E-state index in [1.807, 2.05) is 0 Å². The quantitative estimate of drug-likeness (QED) is 0.409. The van der Waals surface area contributed by atoms with Gasteiger partial charge in [0, 0.05) is 19.2 Å². The zero-order valence-corrected chi connectivity index (χ0v) is 16.3. The van der Waals surface area contributed by atoms with Gasteiger partial charge < -0.3 is 14.1 Å². The van der Waals surface area contributed by atoms with Crippen LogP contribution < -0.4 is 5.76 Å². The Hall–Kier alpha value is -3.17. The third-order valence-corrected chi connectivity index (χ3v) is 5.43. The molecule has 10 nitrogen and oxygen atoms in total. The van der Waals surface area contributed by atoms with Gasteiger partial charge in [-0.1, -0.05) is 6.92 Å². The first kappa shape index (κ1) is 20.6. The molecule has 3 rings (SSSR count). The molecule has 10 heteroatoms. The van der Waals surface area contributed by atoms with Crippen molar-refractivity contribution < 1.29 is 23.7 Å². The molecule has 0 saturated heterocycles. The van der Waals surface area contributed by atoms with Crippen molar-refractivity contribution in [2.75, 3.05) is 13.7 Å². The number of amides is 1. The Morgan fingerprint density at radius 1 is 1.31 bits per heavy atom. The van der Waals surface area contributed by atoms with Gasteiger partial charge in [0.1, 0.15) is 6.54 Å². The predicted octanol–water partition coefficient (Wildman–Crippen LogP) is 2.08. The number of non-ortho nitro benzene ring substituents is 1. The number of esters is 1. The number of carbonyl (C=O) groups excluding carboxylic acids is 2. The van der Waals surface area contributed by atoms with E-state index >= 15 is 0 Å². The van der Waals surface area contributed by atoms with Crippen molar-refractivity contribution >= 4 is 28.7 Å². The molecule has 1 heterocycles. The van der Waals surface area contributed by atoms with E-state index in [4.69, 9.17) is 9.15 Å². The van der Waals surface area contributed by atoms with E-state index in [9.17, 15) is 24.5 Å². The number of hydrogen-bond donors (Lipinski definition) is 0. The lowest BCUT2D eigenvalue weighted by Gasteiger charge is -2.33. The van der Waals surface area contributed by atoms with Gasteiger partial charge in [0.05, 0.1) is 16.5 Å². The van der Waals surface area contributed by atoms with Crippen LogP contribution in [0.15, 0.2) is 27.4 Å². The molecule has 0 N–H and O–H groups in total. The van der Waals surface area contributed by atoms with Gasteiger partial charge in [-0.25, -0.2) is 4.79 Å². The number of rotatable bonds is 6. The molecule has 1 aromatic heterocycles. The molecule has 0 aliphatic heterocycles. The molecule has 1 aromatic carbocycles. The molecule has 1 fully saturated rings. The van der Waals surface area contributed by atoms with Gasteiger partial charge in [0.15, 0.2) is 12.2 Å². The van der Waals surface area contributed by atoms with E-state index in [-0.39, 0.29) is 28.7 Å². The van der Waals surface area contributed by atoms with Crippen LogP contribution in [-0.2, 0) is 20.9 Å². The number of hydrogen-bond acceptors (Lipinski definition) is 7. The largest absolute Gasteiger partial charge is 0.454 e. The summed E-state index contributed by atoms with van der Waals surface area (Å²) >= 11 is 0. The minimum Gasteiger partial charge on any atom is -0.454 e. The van der Waals surface area contributed by atoms with Gasteiger partial charge in [-0.15, -0.1) is 0 Å². The number of aromatic nitrogens is 1. The Kier molecular flexibility index (Phi) is 6.00. The first-order valence-electron chi connectivity index (χ1n) is 9.45. The maximum absolute atomic E-state index is 12.3. The summed E-state index contributed by atoms with van der Waals surface area (Å²) < 4.78 is 11.0. The van der Waals surface area contributed by atoms with E-state index in [0.29, 0.717) is 5.92 Å². The number of nitrogens with zero attached hydrogens (tertiary/aromatic N) is 3. The molecule has 156 valence electrons. The molecule has 0 radical (unpaired) electrons. The monoisotopic (exact) mass is 405 g/mol. The summed E-state index contributed by atoms with van der Waals surface area (Å²) in [5, 5.41) is 10.8. The molecule has 1 amide bonds. The standard InChI is InChI=1S/C19H23N3O7/c1-12-3-5-13(6-4-12)20(2)17(23)11-28-18(24)10-21-15-8-7-14(22(26)27)9-16(15)29-19(21)25/h7-9,12-13H,3-6,10-11H2,1-2H3. The first-order valence-corrected chi connectivity index (χ1v) is 9.45. The highest BCUT2D eigenvalue weighted by atomic mass is 16.6. The molecular formula is C19H23N3O7. The molecule has 29 heavy (non-hydrogen) atoms. The van der Waals surface area contributed by atoms with Crippen molar-refractivity contribution in [1.29, 1.82) is 0 Å². The van der Waals surface area contributed by atoms with E-state index < -0.39 is 29.8 Å². The average Bonchev–Trinajstić information content (AvgIpc) is 3.00. The molecular weight excluding hydrogens is 382 g/mol. The van der Waals surface area contributed by atoms with Crippen molar-refractivity contribution in [2.45, 2.75) is 45.2 Å². The summed E-state index contributed by atoms with van der Waals surface area (Å²) in [4.78, 5) is 48.2. The molecule has 0 unspecified atom stereocenters. The fourth-order valence-electron chi connectivity index (χ4n) is 3.57. The summed E-state index contributed by atoms with van der Waals surface area (Å²) in [6.45, 7) is 1.33. The predicted molar refractivity (Wildman–Crippen MR) is 102 cm³/mol. The van der Waals surface area contributed by atoms with Crippen LogP contribution in [0, 0.1) is 16.0 Å². The van der Waals surface area contributed by atoms with Crippen LogP contribution in [0.3, 0.4) is 0 Å². The first-order chi connectivity index (χ1) is 13.8. The highest BCUT2D eigenvalue weighted by Crippen LogP contribution is 2.26. The van der Waals surface area contributed by atoms with Crippen molar-refractivity contribution in [2.24, 2.45) is 5.92 Å². The van der Waals surface area contributed by atoms with Gasteiger partial charge in [0.2, 0.25) is 0 Å². The van der Waals surface area contributed by atoms with Gasteiger partial charge in [0.25, 0.3) is 11.6 Å². The van der Waals surface area contributed by atoms with E-state index in [1.54, 1.807) is 11.9 Å². The molecule has 0 atom stereocenters. The highest BCUT2D eigenvalue weighted by Gasteiger charge is 2.25. The molecule has 0 spiro atoms. The number of benzene rings is 1. The smallest absolute Gasteiger partial charge is 0.420 e. The van der Waals surface area contributed by atoms with Crippen molar-refractivity contribution in [3.8, 4) is 0 Å². The van der Waals surface area contributed by atoms with Gasteiger partial charge in [-0.2, -0.15) is 0 Å². The minimum absolute atomic E-state index is 0.000614. The zero-order chi connectivity index (χ0) is 21.1. The number of carbonyl (C=O) groups is 2. The van der Waals surface area contributed by atoms with Gasteiger partial charge in [-0.05, 0) is 37.7 Å². The Morgan fingerprint density at radius 3 is 2.66 bits per heavy atom. The second-order valence-electron chi connectivity index (χ2n) is 7.44. The summed E-state index contributed by atoms with van der Waals surface area (Å²) in [5.74, 6) is -1.24. The molecule has 2 aromatic rings. The fraction of sp³-hybridized carbons (Fsp3) is 0.526.